The number of carbonyl (C=O) groups excluding carboxylic acids is 1. The molecular weight excluding hydrogens is 278 g/mol. The van der Waals surface area contributed by atoms with Crippen LogP contribution < -0.4 is 15.4 Å². The zero-order chi connectivity index (χ0) is 13.7. The fourth-order valence-corrected chi connectivity index (χ4v) is 2.24. The molecule has 6 heteroatoms. The first kappa shape index (κ1) is 16.8. The van der Waals surface area contributed by atoms with Gasteiger partial charge in [-0.15, -0.1) is 12.4 Å². The highest BCUT2D eigenvalue weighted by Gasteiger charge is 2.20. The molecule has 0 unspecified atom stereocenters. The molecule has 1 aliphatic heterocycles. The predicted octanol–water partition coefficient (Wildman–Crippen LogP) is 1.35. The fraction of sp³-hybridized carbons (Fsp3) is 0.500. The number of para-hydroxylation sites is 2. The second-order valence-electron chi connectivity index (χ2n) is 4.77. The third kappa shape index (κ3) is 4.37. The lowest BCUT2D eigenvalue weighted by molar-refractivity contribution is -0.118. The number of rotatable bonds is 4. The summed E-state index contributed by atoms with van der Waals surface area (Å²) in [6.07, 6.45) is 0. The number of nitrogens with one attached hydrogen (secondary N) is 2. The molecule has 0 bridgehead atoms. The van der Waals surface area contributed by atoms with Gasteiger partial charge in [0.1, 0.15) is 5.75 Å². The van der Waals surface area contributed by atoms with Crippen LogP contribution in [0.2, 0.25) is 0 Å². The molecule has 2 N–H and O–H groups in total. The summed E-state index contributed by atoms with van der Waals surface area (Å²) in [5.41, 5.74) is 0.720. The molecule has 0 radical (unpaired) electrons. The van der Waals surface area contributed by atoms with E-state index in [1.165, 1.54) is 0 Å². The van der Waals surface area contributed by atoms with Crippen LogP contribution in [0.15, 0.2) is 24.3 Å². The van der Waals surface area contributed by atoms with E-state index in [1.54, 1.807) is 7.11 Å². The molecule has 1 aliphatic rings. The van der Waals surface area contributed by atoms with Crippen molar-refractivity contribution in [3.05, 3.63) is 24.3 Å². The number of amides is 1. The zero-order valence-corrected chi connectivity index (χ0v) is 12.7. The van der Waals surface area contributed by atoms with E-state index < -0.39 is 0 Å². The van der Waals surface area contributed by atoms with Crippen LogP contribution in [0.5, 0.6) is 5.75 Å². The minimum absolute atomic E-state index is 0. The molecule has 1 aromatic carbocycles. The van der Waals surface area contributed by atoms with E-state index in [1.807, 2.05) is 24.3 Å². The van der Waals surface area contributed by atoms with E-state index in [9.17, 15) is 4.79 Å². The highest BCUT2D eigenvalue weighted by molar-refractivity contribution is 5.93. The number of ether oxygens (including phenoxy) is 1. The third-order valence-corrected chi connectivity index (χ3v) is 3.37. The van der Waals surface area contributed by atoms with Gasteiger partial charge in [0.25, 0.3) is 0 Å². The molecule has 0 aromatic heterocycles. The summed E-state index contributed by atoms with van der Waals surface area (Å²) in [4.78, 5) is 14.2. The Hall–Kier alpha value is -1.30. The summed E-state index contributed by atoms with van der Waals surface area (Å²) < 4.78 is 5.22. The number of anilines is 1. The van der Waals surface area contributed by atoms with E-state index in [0.29, 0.717) is 18.3 Å². The van der Waals surface area contributed by atoms with Gasteiger partial charge in [0, 0.05) is 25.7 Å². The van der Waals surface area contributed by atoms with E-state index in [4.69, 9.17) is 4.74 Å². The molecular formula is C14H22ClN3O2. The topological polar surface area (TPSA) is 53.6 Å². The summed E-state index contributed by atoms with van der Waals surface area (Å²) in [5, 5.41) is 6.22. The molecule has 1 atom stereocenters. The van der Waals surface area contributed by atoms with Crippen molar-refractivity contribution in [1.82, 2.24) is 10.2 Å². The van der Waals surface area contributed by atoms with Gasteiger partial charge in [-0.2, -0.15) is 0 Å². The molecule has 1 fully saturated rings. The van der Waals surface area contributed by atoms with Crippen LogP contribution in [0.1, 0.15) is 6.92 Å². The first-order chi connectivity index (χ1) is 9.20. The normalized spacial score (nSPS) is 19.0. The number of halogens is 1. The monoisotopic (exact) mass is 299 g/mol. The average molecular weight is 300 g/mol. The lowest BCUT2D eigenvalue weighted by atomic mass is 10.2. The van der Waals surface area contributed by atoms with Gasteiger partial charge in [0.15, 0.2) is 0 Å². The summed E-state index contributed by atoms with van der Waals surface area (Å²) >= 11 is 0. The van der Waals surface area contributed by atoms with Crippen molar-refractivity contribution in [3.63, 3.8) is 0 Å². The second kappa shape index (κ2) is 8.09. The van der Waals surface area contributed by atoms with Crippen LogP contribution in [0.25, 0.3) is 0 Å². The molecule has 5 nitrogen and oxygen atoms in total. The van der Waals surface area contributed by atoms with Gasteiger partial charge < -0.3 is 15.4 Å². The van der Waals surface area contributed by atoms with Crippen LogP contribution in [-0.4, -0.2) is 50.1 Å². The Morgan fingerprint density at radius 1 is 1.50 bits per heavy atom. The van der Waals surface area contributed by atoms with Crippen molar-refractivity contribution < 1.29 is 9.53 Å². The highest BCUT2D eigenvalue weighted by atomic mass is 35.5. The van der Waals surface area contributed by atoms with Crippen molar-refractivity contribution in [2.24, 2.45) is 0 Å². The SMILES string of the molecule is COc1ccccc1NC(=O)CN1CCNC[C@@H]1C.Cl. The Labute approximate surface area is 126 Å². The lowest BCUT2D eigenvalue weighted by Gasteiger charge is -2.33. The standard InChI is InChI=1S/C14H21N3O2.ClH/c1-11-9-15-7-8-17(11)10-14(18)16-12-5-3-4-6-13(12)19-2;/h3-6,11,15H,7-10H2,1-2H3,(H,16,18);1H/t11-;/m0./s1. The van der Waals surface area contributed by atoms with Gasteiger partial charge in [0.2, 0.25) is 5.91 Å². The van der Waals surface area contributed by atoms with Crippen LogP contribution in [0, 0.1) is 0 Å². The largest absolute Gasteiger partial charge is 0.495 e. The van der Waals surface area contributed by atoms with Crippen LogP contribution in [-0.2, 0) is 4.79 Å². The van der Waals surface area contributed by atoms with Gasteiger partial charge in [-0.1, -0.05) is 12.1 Å². The van der Waals surface area contributed by atoms with Gasteiger partial charge in [-0.3, -0.25) is 9.69 Å². The summed E-state index contributed by atoms with van der Waals surface area (Å²) in [6.45, 7) is 5.32. The molecule has 0 saturated carbocycles. The Kier molecular flexibility index (Phi) is 6.78. The zero-order valence-electron chi connectivity index (χ0n) is 11.9. The van der Waals surface area contributed by atoms with E-state index in [0.717, 1.165) is 25.3 Å². The number of benzene rings is 1. The molecule has 0 aliphatic carbocycles. The van der Waals surface area contributed by atoms with Gasteiger partial charge >= 0.3 is 0 Å². The average Bonchev–Trinajstić information content (AvgIpc) is 2.42. The Balaban J connectivity index is 0.00000200. The number of methoxy groups -OCH3 is 1. The van der Waals surface area contributed by atoms with Crippen molar-refractivity contribution in [3.8, 4) is 5.75 Å². The number of carbonyl (C=O) groups is 1. The molecule has 112 valence electrons. The Morgan fingerprint density at radius 3 is 2.95 bits per heavy atom. The van der Waals surface area contributed by atoms with Crippen molar-refractivity contribution in [2.75, 3.05) is 38.6 Å². The smallest absolute Gasteiger partial charge is 0.238 e. The van der Waals surface area contributed by atoms with Crippen LogP contribution in [0.4, 0.5) is 5.69 Å². The van der Waals surface area contributed by atoms with Gasteiger partial charge in [-0.05, 0) is 19.1 Å². The molecule has 1 amide bonds. The maximum Gasteiger partial charge on any atom is 0.238 e. The molecule has 1 saturated heterocycles. The third-order valence-electron chi connectivity index (χ3n) is 3.37. The lowest BCUT2D eigenvalue weighted by Crippen LogP contribution is -2.51. The predicted molar refractivity (Wildman–Crippen MR) is 82.8 cm³/mol. The fourth-order valence-electron chi connectivity index (χ4n) is 2.24. The van der Waals surface area contributed by atoms with E-state index >= 15 is 0 Å². The summed E-state index contributed by atoms with van der Waals surface area (Å²) in [7, 11) is 1.60. The maximum absolute atomic E-state index is 12.1. The number of piperazine rings is 1. The molecule has 2 rings (SSSR count). The van der Waals surface area contributed by atoms with Crippen LogP contribution in [0.3, 0.4) is 0 Å². The maximum atomic E-state index is 12.1. The van der Waals surface area contributed by atoms with E-state index in [2.05, 4.69) is 22.5 Å². The van der Waals surface area contributed by atoms with E-state index in [-0.39, 0.29) is 18.3 Å². The highest BCUT2D eigenvalue weighted by Crippen LogP contribution is 2.22. The van der Waals surface area contributed by atoms with Gasteiger partial charge in [0.05, 0.1) is 19.3 Å². The number of hydrogen-bond donors (Lipinski definition) is 2. The van der Waals surface area contributed by atoms with Crippen LogP contribution >= 0.6 is 12.4 Å². The second-order valence-corrected chi connectivity index (χ2v) is 4.77. The Bertz CT molecular complexity index is 442. The molecule has 0 spiro atoms. The van der Waals surface area contributed by atoms with Crippen molar-refractivity contribution >= 4 is 24.0 Å². The minimum atomic E-state index is -0.00162. The number of hydrogen-bond acceptors (Lipinski definition) is 4. The molecule has 1 aromatic rings. The molecule has 20 heavy (non-hydrogen) atoms. The van der Waals surface area contributed by atoms with Crippen molar-refractivity contribution in [2.45, 2.75) is 13.0 Å². The first-order valence-corrected chi connectivity index (χ1v) is 6.58. The number of nitrogens with zero attached hydrogens (tertiary/aromatic N) is 1. The summed E-state index contributed by atoms with van der Waals surface area (Å²) in [5.74, 6) is 0.683. The van der Waals surface area contributed by atoms with Crippen molar-refractivity contribution in [1.29, 1.82) is 0 Å². The Morgan fingerprint density at radius 2 is 2.25 bits per heavy atom. The first-order valence-electron chi connectivity index (χ1n) is 6.58. The molecule has 1 heterocycles. The quantitative estimate of drug-likeness (QED) is 0.881. The minimum Gasteiger partial charge on any atom is -0.495 e. The summed E-state index contributed by atoms with van der Waals surface area (Å²) in [6, 6.07) is 7.83. The van der Waals surface area contributed by atoms with Gasteiger partial charge in [-0.25, -0.2) is 0 Å².